The van der Waals surface area contributed by atoms with Gasteiger partial charge in [-0.3, -0.25) is 14.5 Å². The van der Waals surface area contributed by atoms with E-state index in [1.165, 1.54) is 16.2 Å². The van der Waals surface area contributed by atoms with E-state index in [4.69, 9.17) is 14.2 Å². The molecule has 0 radical (unpaired) electrons. The third-order valence-corrected chi connectivity index (χ3v) is 7.52. The average Bonchev–Trinajstić information content (AvgIpc) is 3.46. The molecule has 3 aromatic carbocycles. The van der Waals surface area contributed by atoms with Crippen molar-refractivity contribution in [2.24, 2.45) is 0 Å². The number of aliphatic hydroxyl groups excluding tert-OH is 1. The first-order valence-corrected chi connectivity index (χ1v) is 13.1. The predicted octanol–water partition coefficient (Wildman–Crippen LogP) is 5.40. The third kappa shape index (κ3) is 4.05. The number of benzene rings is 3. The van der Waals surface area contributed by atoms with E-state index in [0.29, 0.717) is 53.3 Å². The number of amides is 1. The van der Waals surface area contributed by atoms with Crippen LogP contribution in [0.5, 0.6) is 17.2 Å². The van der Waals surface area contributed by atoms with Crippen LogP contribution in [0.2, 0.25) is 0 Å². The van der Waals surface area contributed by atoms with Gasteiger partial charge in [0.1, 0.15) is 24.7 Å². The highest BCUT2D eigenvalue weighted by Crippen LogP contribution is 2.45. The van der Waals surface area contributed by atoms with E-state index < -0.39 is 17.7 Å². The van der Waals surface area contributed by atoms with Gasteiger partial charge in [-0.1, -0.05) is 29.5 Å². The molecule has 2 aliphatic heterocycles. The van der Waals surface area contributed by atoms with Crippen molar-refractivity contribution in [3.63, 3.8) is 0 Å². The Hall–Kier alpha value is -4.37. The Balaban J connectivity index is 1.52. The zero-order valence-electron chi connectivity index (χ0n) is 20.8. The van der Waals surface area contributed by atoms with E-state index >= 15 is 0 Å². The summed E-state index contributed by atoms with van der Waals surface area (Å²) in [5, 5.41) is 11.8. The van der Waals surface area contributed by atoms with E-state index in [1.54, 1.807) is 42.5 Å². The number of fused-ring (bicyclic) bond motifs is 2. The summed E-state index contributed by atoms with van der Waals surface area (Å²) in [7, 11) is 0. The molecule has 1 atom stereocenters. The number of aryl methyl sites for hydroxylation is 1. The normalized spacial score (nSPS) is 18.3. The number of Topliss-reactive ketones (excluding diaryl/α,β-unsaturated/α-hetero) is 1. The second-order valence-electron chi connectivity index (χ2n) is 9.00. The molecular formula is C29H24N2O6S. The summed E-state index contributed by atoms with van der Waals surface area (Å²) < 4.78 is 17.7. The third-order valence-electron chi connectivity index (χ3n) is 6.51. The maximum absolute atomic E-state index is 13.5. The van der Waals surface area contributed by atoms with Crippen LogP contribution in [0.3, 0.4) is 0 Å². The van der Waals surface area contributed by atoms with Crippen LogP contribution in [-0.2, 0) is 9.59 Å². The van der Waals surface area contributed by atoms with E-state index in [-0.39, 0.29) is 11.3 Å². The molecule has 0 spiro atoms. The number of anilines is 1. The van der Waals surface area contributed by atoms with Crippen molar-refractivity contribution in [2.45, 2.75) is 19.9 Å². The van der Waals surface area contributed by atoms with Gasteiger partial charge in [0.15, 0.2) is 16.6 Å². The van der Waals surface area contributed by atoms with Crippen LogP contribution in [0.25, 0.3) is 16.0 Å². The standard InChI is InChI=1S/C29H24N2O6S/c1-3-35-19-8-5-17(6-9-19)25-24(26(32)18-7-11-21-22(15-18)37-13-12-36-21)27(33)28(34)31(25)29-30-20-10-4-16(2)14-23(20)38-29/h4-11,14-15,25,32H,3,12-13H2,1-2H3/t25-/m0/s1. The molecule has 0 unspecified atom stereocenters. The topological polar surface area (TPSA) is 98.2 Å². The number of nitrogens with zero attached hydrogens (tertiary/aromatic N) is 2. The summed E-state index contributed by atoms with van der Waals surface area (Å²) in [6.07, 6.45) is 0. The first-order valence-electron chi connectivity index (χ1n) is 12.3. The lowest BCUT2D eigenvalue weighted by molar-refractivity contribution is -0.132. The summed E-state index contributed by atoms with van der Waals surface area (Å²) in [6.45, 7) is 5.20. The van der Waals surface area contributed by atoms with Gasteiger partial charge in [0, 0.05) is 5.56 Å². The molecule has 38 heavy (non-hydrogen) atoms. The maximum atomic E-state index is 13.5. The largest absolute Gasteiger partial charge is 0.507 e. The second-order valence-corrected chi connectivity index (χ2v) is 10.0. The van der Waals surface area contributed by atoms with Crippen LogP contribution < -0.4 is 19.1 Å². The number of hydrogen-bond donors (Lipinski definition) is 1. The SMILES string of the molecule is CCOc1ccc([C@H]2C(=C(O)c3ccc4c(c3)OCCO4)C(=O)C(=O)N2c2nc3ccc(C)cc3s2)cc1. The fraction of sp³-hybridized carbons (Fsp3) is 0.207. The van der Waals surface area contributed by atoms with Crippen LogP contribution in [0.15, 0.2) is 66.2 Å². The molecule has 2 aliphatic rings. The molecule has 4 aromatic rings. The smallest absolute Gasteiger partial charge is 0.301 e. The summed E-state index contributed by atoms with van der Waals surface area (Å²) in [4.78, 5) is 33.1. The van der Waals surface area contributed by atoms with Gasteiger partial charge in [0.2, 0.25) is 0 Å². The Bertz CT molecular complexity index is 1610. The molecule has 0 aliphatic carbocycles. The number of carbonyl (C=O) groups is 2. The van der Waals surface area contributed by atoms with Gasteiger partial charge < -0.3 is 19.3 Å². The lowest BCUT2D eigenvalue weighted by atomic mass is 9.95. The minimum Gasteiger partial charge on any atom is -0.507 e. The fourth-order valence-corrected chi connectivity index (χ4v) is 5.82. The van der Waals surface area contributed by atoms with Gasteiger partial charge in [0.05, 0.1) is 28.4 Å². The van der Waals surface area contributed by atoms with E-state index in [0.717, 1.165) is 15.8 Å². The van der Waals surface area contributed by atoms with Gasteiger partial charge in [0.25, 0.3) is 5.78 Å². The number of ether oxygens (including phenoxy) is 3. The van der Waals surface area contributed by atoms with Crippen LogP contribution in [-0.4, -0.2) is 41.6 Å². The molecule has 9 heteroatoms. The van der Waals surface area contributed by atoms with E-state index in [2.05, 4.69) is 4.98 Å². The first-order chi connectivity index (χ1) is 18.4. The number of ketones is 1. The Morgan fingerprint density at radius 1 is 1.05 bits per heavy atom. The van der Waals surface area contributed by atoms with Gasteiger partial charge in [-0.25, -0.2) is 4.98 Å². The highest BCUT2D eigenvalue weighted by molar-refractivity contribution is 7.22. The molecule has 3 heterocycles. The molecule has 8 nitrogen and oxygen atoms in total. The Morgan fingerprint density at radius 2 is 1.82 bits per heavy atom. The monoisotopic (exact) mass is 528 g/mol. The van der Waals surface area contributed by atoms with Crippen molar-refractivity contribution in [3.05, 3.63) is 82.9 Å². The van der Waals surface area contributed by atoms with Crippen molar-refractivity contribution < 1.29 is 28.9 Å². The molecular weight excluding hydrogens is 504 g/mol. The summed E-state index contributed by atoms with van der Waals surface area (Å²) in [5.74, 6) is -0.144. The number of thiazole rings is 1. The summed E-state index contributed by atoms with van der Waals surface area (Å²) >= 11 is 1.33. The molecule has 1 N–H and O–H groups in total. The lowest BCUT2D eigenvalue weighted by Gasteiger charge is -2.23. The second kappa shape index (κ2) is 9.50. The molecule has 1 aromatic heterocycles. The van der Waals surface area contributed by atoms with Gasteiger partial charge in [-0.05, 0) is 67.4 Å². The van der Waals surface area contributed by atoms with Crippen molar-refractivity contribution in [1.29, 1.82) is 0 Å². The summed E-state index contributed by atoms with van der Waals surface area (Å²) in [5.41, 5.74) is 2.77. The molecule has 192 valence electrons. The van der Waals surface area contributed by atoms with Crippen LogP contribution in [0, 0.1) is 6.92 Å². The molecule has 1 fully saturated rings. The Kier molecular flexibility index (Phi) is 6.00. The zero-order chi connectivity index (χ0) is 26.4. The quantitative estimate of drug-likeness (QED) is 0.210. The molecule has 1 amide bonds. The highest BCUT2D eigenvalue weighted by Gasteiger charge is 2.48. The molecule has 0 saturated carbocycles. The van der Waals surface area contributed by atoms with Crippen molar-refractivity contribution in [2.75, 3.05) is 24.7 Å². The summed E-state index contributed by atoms with van der Waals surface area (Å²) in [6, 6.07) is 17.0. The molecule has 6 rings (SSSR count). The van der Waals surface area contributed by atoms with Gasteiger partial charge in [-0.2, -0.15) is 0 Å². The fourth-order valence-electron chi connectivity index (χ4n) is 4.73. The number of carbonyl (C=O) groups excluding carboxylic acids is 2. The number of hydrogen-bond acceptors (Lipinski definition) is 8. The first kappa shape index (κ1) is 24.0. The number of aromatic nitrogens is 1. The Morgan fingerprint density at radius 3 is 2.58 bits per heavy atom. The van der Waals surface area contributed by atoms with Crippen LogP contribution in [0.1, 0.15) is 29.7 Å². The van der Waals surface area contributed by atoms with Crippen LogP contribution >= 0.6 is 11.3 Å². The van der Waals surface area contributed by atoms with Gasteiger partial charge in [-0.15, -0.1) is 0 Å². The van der Waals surface area contributed by atoms with E-state index in [9.17, 15) is 14.7 Å². The molecule has 0 bridgehead atoms. The minimum atomic E-state index is -0.888. The lowest BCUT2D eigenvalue weighted by Crippen LogP contribution is -2.29. The Labute approximate surface area is 222 Å². The predicted molar refractivity (Wildman–Crippen MR) is 144 cm³/mol. The van der Waals surface area contributed by atoms with E-state index in [1.807, 2.05) is 32.0 Å². The van der Waals surface area contributed by atoms with Crippen molar-refractivity contribution in [3.8, 4) is 17.2 Å². The number of rotatable bonds is 5. The van der Waals surface area contributed by atoms with Crippen LogP contribution in [0.4, 0.5) is 5.13 Å². The minimum absolute atomic E-state index is 0.0220. The highest BCUT2D eigenvalue weighted by atomic mass is 32.1. The molecule has 1 saturated heterocycles. The number of aliphatic hydroxyl groups is 1. The maximum Gasteiger partial charge on any atom is 0.301 e. The van der Waals surface area contributed by atoms with Crippen molar-refractivity contribution in [1.82, 2.24) is 4.98 Å². The van der Waals surface area contributed by atoms with Gasteiger partial charge >= 0.3 is 5.91 Å². The average molecular weight is 529 g/mol. The van der Waals surface area contributed by atoms with Crippen molar-refractivity contribution >= 4 is 44.1 Å². The zero-order valence-corrected chi connectivity index (χ0v) is 21.6.